The molecule has 1 N–H and O–H groups in total. The Balaban J connectivity index is 1.81. The number of pyridine rings is 1. The fourth-order valence-corrected chi connectivity index (χ4v) is 4.10. The van der Waals surface area contributed by atoms with Crippen molar-refractivity contribution in [1.29, 1.82) is 0 Å². The van der Waals surface area contributed by atoms with Gasteiger partial charge in [0, 0.05) is 24.8 Å². The molecule has 102 valence electrons. The second kappa shape index (κ2) is 4.48. The van der Waals surface area contributed by atoms with E-state index < -0.39 is 9.84 Å². The molecule has 0 atom stereocenters. The number of H-pyrrole nitrogens is 1. The van der Waals surface area contributed by atoms with E-state index in [1.54, 1.807) is 6.20 Å². The summed E-state index contributed by atoms with van der Waals surface area (Å²) in [6, 6.07) is 3.00. The topological polar surface area (TPSA) is 84.3 Å². The summed E-state index contributed by atoms with van der Waals surface area (Å²) < 4.78 is 24.6. The maximum atomic E-state index is 11.4. The van der Waals surface area contributed by atoms with Crippen molar-refractivity contribution < 1.29 is 8.42 Å². The molecule has 0 saturated carbocycles. The number of fused-ring (bicyclic) bond motifs is 1. The summed E-state index contributed by atoms with van der Waals surface area (Å²) in [5.41, 5.74) is 0.616. The van der Waals surface area contributed by atoms with E-state index in [1.807, 2.05) is 4.40 Å². The summed E-state index contributed by atoms with van der Waals surface area (Å²) in [6.07, 6.45) is 3.82. The molecular weight excluding hydrogens is 266 g/mol. The predicted molar refractivity (Wildman–Crippen MR) is 70.9 cm³/mol. The van der Waals surface area contributed by atoms with Gasteiger partial charge in [-0.1, -0.05) is 0 Å². The van der Waals surface area contributed by atoms with Gasteiger partial charge in [0.05, 0.1) is 11.5 Å². The Hall–Kier alpha value is -1.63. The normalized spacial score (nSPS) is 19.8. The van der Waals surface area contributed by atoms with Crippen LogP contribution in [0, 0.1) is 5.92 Å². The summed E-state index contributed by atoms with van der Waals surface area (Å²) in [6.45, 7) is 0. The van der Waals surface area contributed by atoms with Crippen LogP contribution in [0.5, 0.6) is 0 Å². The molecule has 0 amide bonds. The van der Waals surface area contributed by atoms with E-state index in [2.05, 4.69) is 10.2 Å². The van der Waals surface area contributed by atoms with Crippen molar-refractivity contribution in [3.05, 3.63) is 34.4 Å². The van der Waals surface area contributed by atoms with E-state index in [1.165, 1.54) is 12.1 Å². The predicted octanol–water partition coefficient (Wildman–Crippen LogP) is 0.390. The van der Waals surface area contributed by atoms with Crippen LogP contribution in [0.2, 0.25) is 0 Å². The maximum Gasteiger partial charge on any atom is 0.183 e. The van der Waals surface area contributed by atoms with Gasteiger partial charge in [-0.15, -0.1) is 0 Å². The smallest absolute Gasteiger partial charge is 0.183 e. The van der Waals surface area contributed by atoms with Gasteiger partial charge in [-0.3, -0.25) is 14.3 Å². The van der Waals surface area contributed by atoms with E-state index >= 15 is 0 Å². The Morgan fingerprint density at radius 2 is 2.11 bits per heavy atom. The molecular formula is C12H15N3O3S. The second-order valence-corrected chi connectivity index (χ2v) is 7.36. The van der Waals surface area contributed by atoms with Gasteiger partial charge >= 0.3 is 0 Å². The number of sulfone groups is 1. The highest BCUT2D eigenvalue weighted by molar-refractivity contribution is 7.91. The standard InChI is InChI=1S/C12H15N3O3S/c16-10-1-4-15-11(13-14-12(15)8-10)7-9-2-5-19(17,18)6-3-9/h1,4,8-9,14H,2-3,5-7H2. The molecule has 0 aromatic carbocycles. The van der Waals surface area contributed by atoms with Gasteiger partial charge in [-0.2, -0.15) is 5.10 Å². The van der Waals surface area contributed by atoms with Crippen LogP contribution in [0.3, 0.4) is 0 Å². The number of nitrogens with zero attached hydrogens (tertiary/aromatic N) is 2. The summed E-state index contributed by atoms with van der Waals surface area (Å²) >= 11 is 0. The number of aromatic nitrogens is 3. The lowest BCUT2D eigenvalue weighted by Crippen LogP contribution is -2.25. The van der Waals surface area contributed by atoms with Crippen LogP contribution in [-0.4, -0.2) is 34.5 Å². The lowest BCUT2D eigenvalue weighted by molar-refractivity contribution is 0.452. The molecule has 0 unspecified atom stereocenters. The minimum atomic E-state index is -2.82. The van der Waals surface area contributed by atoms with Crippen LogP contribution in [-0.2, 0) is 16.3 Å². The molecule has 0 spiro atoms. The van der Waals surface area contributed by atoms with E-state index in [-0.39, 0.29) is 16.9 Å². The molecule has 2 aromatic rings. The summed E-state index contributed by atoms with van der Waals surface area (Å²) in [7, 11) is -2.82. The Kier molecular flexibility index (Phi) is 2.93. The minimum absolute atomic E-state index is 0.0565. The zero-order chi connectivity index (χ0) is 13.5. The van der Waals surface area contributed by atoms with Gasteiger partial charge in [0.25, 0.3) is 0 Å². The number of nitrogens with one attached hydrogen (secondary N) is 1. The SMILES string of the molecule is O=c1ccn2c(CC3CCS(=O)(=O)CC3)n[nH]c2c1. The van der Waals surface area contributed by atoms with Gasteiger partial charge < -0.3 is 0 Å². The first-order valence-electron chi connectivity index (χ1n) is 6.30. The number of hydrogen-bond donors (Lipinski definition) is 1. The summed E-state index contributed by atoms with van der Waals surface area (Å²) in [4.78, 5) is 11.2. The third-order valence-corrected chi connectivity index (χ3v) is 5.36. The van der Waals surface area contributed by atoms with Gasteiger partial charge in [-0.25, -0.2) is 8.42 Å². The van der Waals surface area contributed by atoms with Crippen LogP contribution in [0.1, 0.15) is 18.7 Å². The molecule has 1 aliphatic rings. The van der Waals surface area contributed by atoms with Crippen LogP contribution in [0.15, 0.2) is 23.1 Å². The molecule has 2 aromatic heterocycles. The Bertz CT molecular complexity index is 746. The highest BCUT2D eigenvalue weighted by atomic mass is 32.2. The highest BCUT2D eigenvalue weighted by Crippen LogP contribution is 2.22. The van der Waals surface area contributed by atoms with Crippen LogP contribution >= 0.6 is 0 Å². The maximum absolute atomic E-state index is 11.4. The largest absolute Gasteiger partial charge is 0.290 e. The van der Waals surface area contributed by atoms with Gasteiger partial charge in [0.2, 0.25) is 0 Å². The van der Waals surface area contributed by atoms with Crippen molar-refractivity contribution in [1.82, 2.24) is 14.6 Å². The Labute approximate surface area is 110 Å². The van der Waals surface area contributed by atoms with E-state index in [9.17, 15) is 13.2 Å². The Morgan fingerprint density at radius 1 is 1.37 bits per heavy atom. The van der Waals surface area contributed by atoms with Gasteiger partial charge in [0.15, 0.2) is 5.43 Å². The van der Waals surface area contributed by atoms with Crippen LogP contribution < -0.4 is 5.43 Å². The number of rotatable bonds is 2. The molecule has 7 heteroatoms. The third-order valence-electron chi connectivity index (χ3n) is 3.65. The van der Waals surface area contributed by atoms with Crippen molar-refractivity contribution in [3.63, 3.8) is 0 Å². The third kappa shape index (κ3) is 2.56. The first-order chi connectivity index (χ1) is 9.03. The lowest BCUT2D eigenvalue weighted by Gasteiger charge is -2.20. The quantitative estimate of drug-likeness (QED) is 0.863. The number of aromatic amines is 1. The van der Waals surface area contributed by atoms with Crippen molar-refractivity contribution >= 4 is 15.5 Å². The zero-order valence-corrected chi connectivity index (χ0v) is 11.2. The van der Waals surface area contributed by atoms with E-state index in [4.69, 9.17) is 0 Å². The molecule has 19 heavy (non-hydrogen) atoms. The molecule has 0 radical (unpaired) electrons. The molecule has 6 nitrogen and oxygen atoms in total. The van der Waals surface area contributed by atoms with Crippen LogP contribution in [0.25, 0.3) is 5.65 Å². The first kappa shape index (κ1) is 12.4. The molecule has 1 saturated heterocycles. The first-order valence-corrected chi connectivity index (χ1v) is 8.12. The Morgan fingerprint density at radius 3 is 2.84 bits per heavy atom. The average molecular weight is 281 g/mol. The molecule has 3 heterocycles. The molecule has 1 fully saturated rings. The number of hydrogen-bond acceptors (Lipinski definition) is 4. The van der Waals surface area contributed by atoms with Crippen molar-refractivity contribution in [2.45, 2.75) is 19.3 Å². The fraction of sp³-hybridized carbons (Fsp3) is 0.500. The highest BCUT2D eigenvalue weighted by Gasteiger charge is 2.24. The fourth-order valence-electron chi connectivity index (χ4n) is 2.51. The van der Waals surface area contributed by atoms with Crippen molar-refractivity contribution in [2.24, 2.45) is 5.92 Å². The molecule has 0 aliphatic carbocycles. The zero-order valence-electron chi connectivity index (χ0n) is 10.4. The van der Waals surface area contributed by atoms with Crippen molar-refractivity contribution in [2.75, 3.05) is 11.5 Å². The van der Waals surface area contributed by atoms with Crippen LogP contribution in [0.4, 0.5) is 0 Å². The van der Waals surface area contributed by atoms with E-state index in [0.717, 1.165) is 12.2 Å². The second-order valence-electron chi connectivity index (χ2n) is 5.06. The molecule has 0 bridgehead atoms. The average Bonchev–Trinajstić information content (AvgIpc) is 2.74. The minimum Gasteiger partial charge on any atom is -0.290 e. The summed E-state index contributed by atoms with van der Waals surface area (Å²) in [5, 5.41) is 7.05. The summed E-state index contributed by atoms with van der Waals surface area (Å²) in [5.74, 6) is 1.74. The van der Waals surface area contributed by atoms with Crippen molar-refractivity contribution in [3.8, 4) is 0 Å². The monoisotopic (exact) mass is 281 g/mol. The van der Waals surface area contributed by atoms with E-state index in [0.29, 0.717) is 24.4 Å². The van der Waals surface area contributed by atoms with Gasteiger partial charge in [0.1, 0.15) is 21.3 Å². The lowest BCUT2D eigenvalue weighted by atomic mass is 9.98. The molecule has 3 rings (SSSR count). The van der Waals surface area contributed by atoms with Gasteiger partial charge in [-0.05, 0) is 18.8 Å². The molecule has 1 aliphatic heterocycles.